The lowest BCUT2D eigenvalue weighted by molar-refractivity contribution is -0.117. The molecule has 1 unspecified atom stereocenters. The highest BCUT2D eigenvalue weighted by Crippen LogP contribution is 2.16. The van der Waals surface area contributed by atoms with E-state index in [1.165, 1.54) is 12.1 Å². The van der Waals surface area contributed by atoms with Gasteiger partial charge in [-0.1, -0.05) is 18.8 Å². The zero-order valence-electron chi connectivity index (χ0n) is 12.3. The highest BCUT2D eigenvalue weighted by molar-refractivity contribution is 5.91. The van der Waals surface area contributed by atoms with E-state index < -0.39 is 5.82 Å². The molecule has 0 heterocycles. The van der Waals surface area contributed by atoms with Crippen molar-refractivity contribution in [3.63, 3.8) is 0 Å². The SMILES string of the molecule is COCC(C)CC(=O)Nc1ccc(C#CCCO)cc1F. The third-order valence-corrected chi connectivity index (χ3v) is 2.70. The van der Waals surface area contributed by atoms with Gasteiger partial charge < -0.3 is 15.2 Å². The van der Waals surface area contributed by atoms with Gasteiger partial charge in [0.2, 0.25) is 5.91 Å². The number of hydrogen-bond donors (Lipinski definition) is 2. The number of hydrogen-bond acceptors (Lipinski definition) is 3. The van der Waals surface area contributed by atoms with E-state index in [4.69, 9.17) is 9.84 Å². The maximum Gasteiger partial charge on any atom is 0.224 e. The molecule has 4 nitrogen and oxygen atoms in total. The number of carbonyl (C=O) groups is 1. The van der Waals surface area contributed by atoms with Crippen molar-refractivity contribution in [1.29, 1.82) is 0 Å². The molecule has 1 aromatic carbocycles. The predicted molar refractivity (Wildman–Crippen MR) is 79.3 cm³/mol. The number of carbonyl (C=O) groups excluding carboxylic acids is 1. The summed E-state index contributed by atoms with van der Waals surface area (Å²) in [6.07, 6.45) is 0.614. The maximum atomic E-state index is 13.8. The van der Waals surface area contributed by atoms with Crippen molar-refractivity contribution in [3.05, 3.63) is 29.6 Å². The van der Waals surface area contributed by atoms with Crippen LogP contribution in [0.5, 0.6) is 0 Å². The van der Waals surface area contributed by atoms with Crippen LogP contribution >= 0.6 is 0 Å². The number of benzene rings is 1. The number of amides is 1. The van der Waals surface area contributed by atoms with Gasteiger partial charge >= 0.3 is 0 Å². The summed E-state index contributed by atoms with van der Waals surface area (Å²) in [5.74, 6) is 4.74. The topological polar surface area (TPSA) is 58.6 Å². The normalized spacial score (nSPS) is 11.4. The summed E-state index contributed by atoms with van der Waals surface area (Å²) in [4.78, 5) is 11.8. The number of aliphatic hydroxyl groups excluding tert-OH is 1. The lowest BCUT2D eigenvalue weighted by atomic mass is 10.1. The maximum absolute atomic E-state index is 13.8. The van der Waals surface area contributed by atoms with Crippen LogP contribution < -0.4 is 5.32 Å². The molecule has 5 heteroatoms. The van der Waals surface area contributed by atoms with Gasteiger partial charge in [-0.3, -0.25) is 4.79 Å². The van der Waals surface area contributed by atoms with Crippen molar-refractivity contribution in [2.75, 3.05) is 25.6 Å². The van der Waals surface area contributed by atoms with E-state index in [9.17, 15) is 9.18 Å². The van der Waals surface area contributed by atoms with E-state index in [2.05, 4.69) is 17.2 Å². The van der Waals surface area contributed by atoms with Crippen molar-refractivity contribution >= 4 is 11.6 Å². The lowest BCUT2D eigenvalue weighted by Crippen LogP contribution is -2.18. The van der Waals surface area contributed by atoms with Crippen LogP contribution in [0.4, 0.5) is 10.1 Å². The molecule has 0 aromatic heterocycles. The van der Waals surface area contributed by atoms with Crippen LogP contribution in [0, 0.1) is 23.6 Å². The number of nitrogens with one attached hydrogen (secondary N) is 1. The summed E-state index contributed by atoms with van der Waals surface area (Å²) >= 11 is 0. The highest BCUT2D eigenvalue weighted by atomic mass is 19.1. The smallest absolute Gasteiger partial charge is 0.224 e. The Morgan fingerprint density at radius 1 is 1.52 bits per heavy atom. The third kappa shape index (κ3) is 6.39. The Balaban J connectivity index is 2.64. The van der Waals surface area contributed by atoms with E-state index in [-0.39, 0.29) is 30.5 Å². The van der Waals surface area contributed by atoms with Gasteiger partial charge in [-0.15, -0.1) is 0 Å². The molecule has 1 rings (SSSR count). The van der Waals surface area contributed by atoms with Crippen molar-refractivity contribution in [1.82, 2.24) is 0 Å². The second-order valence-electron chi connectivity index (χ2n) is 4.78. The molecule has 1 atom stereocenters. The Labute approximate surface area is 124 Å². The Hall–Kier alpha value is -1.90. The molecule has 0 aliphatic rings. The van der Waals surface area contributed by atoms with Gasteiger partial charge in [-0.25, -0.2) is 4.39 Å². The molecular formula is C16H20FNO3. The molecule has 0 saturated heterocycles. The van der Waals surface area contributed by atoms with E-state index in [0.29, 0.717) is 18.6 Å². The molecule has 114 valence electrons. The molecule has 2 N–H and O–H groups in total. The standard InChI is InChI=1S/C16H20FNO3/c1-12(11-21-2)9-16(20)18-15-7-6-13(10-14(15)17)5-3-4-8-19/h6-7,10,12,19H,4,8-9,11H2,1-2H3,(H,18,20). The Morgan fingerprint density at radius 2 is 2.29 bits per heavy atom. The van der Waals surface area contributed by atoms with Gasteiger partial charge in [0.25, 0.3) is 0 Å². The fraction of sp³-hybridized carbons (Fsp3) is 0.438. The first-order chi connectivity index (χ1) is 10.1. The van der Waals surface area contributed by atoms with Crippen LogP contribution in [0.1, 0.15) is 25.3 Å². The monoisotopic (exact) mass is 293 g/mol. The molecule has 1 aromatic rings. The minimum Gasteiger partial charge on any atom is -0.395 e. The molecule has 0 spiro atoms. The lowest BCUT2D eigenvalue weighted by Gasteiger charge is -2.11. The molecule has 21 heavy (non-hydrogen) atoms. The zero-order valence-corrected chi connectivity index (χ0v) is 12.3. The summed E-state index contributed by atoms with van der Waals surface area (Å²) in [7, 11) is 1.57. The Bertz CT molecular complexity index is 534. The number of methoxy groups -OCH3 is 1. The van der Waals surface area contributed by atoms with Crippen LogP contribution in [0.2, 0.25) is 0 Å². The summed E-state index contributed by atoms with van der Waals surface area (Å²) in [5, 5.41) is 11.2. The van der Waals surface area contributed by atoms with E-state index in [1.807, 2.05) is 6.92 Å². The number of rotatable bonds is 6. The average molecular weight is 293 g/mol. The van der Waals surface area contributed by atoms with Gasteiger partial charge in [-0.05, 0) is 24.1 Å². The van der Waals surface area contributed by atoms with Crippen molar-refractivity contribution in [3.8, 4) is 11.8 Å². The van der Waals surface area contributed by atoms with Crippen LogP contribution in [0.15, 0.2) is 18.2 Å². The summed E-state index contributed by atoms with van der Waals surface area (Å²) in [5.41, 5.74) is 0.643. The molecule has 0 bridgehead atoms. The Kier molecular flexibility index (Phi) is 7.44. The first kappa shape index (κ1) is 17.2. The minimum atomic E-state index is -0.529. The summed E-state index contributed by atoms with van der Waals surface area (Å²) in [6, 6.07) is 4.37. The third-order valence-electron chi connectivity index (χ3n) is 2.70. The molecule has 0 radical (unpaired) electrons. The molecule has 1 amide bonds. The second-order valence-corrected chi connectivity index (χ2v) is 4.78. The van der Waals surface area contributed by atoms with Gasteiger partial charge in [0.05, 0.1) is 12.3 Å². The average Bonchev–Trinajstić information content (AvgIpc) is 2.42. The number of anilines is 1. The van der Waals surface area contributed by atoms with Crippen LogP contribution in [0.25, 0.3) is 0 Å². The van der Waals surface area contributed by atoms with E-state index in [0.717, 1.165) is 0 Å². The van der Waals surface area contributed by atoms with Gasteiger partial charge in [0.1, 0.15) is 5.82 Å². The zero-order chi connectivity index (χ0) is 15.7. The predicted octanol–water partition coefficient (Wildman–Crippen LogP) is 2.17. The van der Waals surface area contributed by atoms with Crippen LogP contribution in [-0.2, 0) is 9.53 Å². The summed E-state index contributed by atoms with van der Waals surface area (Å²) < 4.78 is 18.8. The van der Waals surface area contributed by atoms with Crippen molar-refractivity contribution in [2.24, 2.45) is 5.92 Å². The van der Waals surface area contributed by atoms with E-state index >= 15 is 0 Å². The van der Waals surface area contributed by atoms with Gasteiger partial charge in [0, 0.05) is 32.1 Å². The van der Waals surface area contributed by atoms with Crippen molar-refractivity contribution < 1.29 is 19.0 Å². The minimum absolute atomic E-state index is 0.0245. The molecule has 0 fully saturated rings. The second kappa shape index (κ2) is 9.11. The highest BCUT2D eigenvalue weighted by Gasteiger charge is 2.11. The van der Waals surface area contributed by atoms with Gasteiger partial charge in [0.15, 0.2) is 0 Å². The molecule has 0 saturated carbocycles. The molecule has 0 aliphatic heterocycles. The molecule has 0 aliphatic carbocycles. The number of ether oxygens (including phenoxy) is 1. The van der Waals surface area contributed by atoms with Crippen LogP contribution in [-0.4, -0.2) is 31.3 Å². The fourth-order valence-electron chi connectivity index (χ4n) is 1.78. The number of aliphatic hydroxyl groups is 1. The van der Waals surface area contributed by atoms with Crippen molar-refractivity contribution in [2.45, 2.75) is 19.8 Å². The van der Waals surface area contributed by atoms with E-state index in [1.54, 1.807) is 13.2 Å². The first-order valence-electron chi connectivity index (χ1n) is 6.75. The first-order valence-corrected chi connectivity index (χ1v) is 6.75. The Morgan fingerprint density at radius 3 is 2.90 bits per heavy atom. The molecular weight excluding hydrogens is 273 g/mol. The van der Waals surface area contributed by atoms with Gasteiger partial charge in [-0.2, -0.15) is 0 Å². The fourth-order valence-corrected chi connectivity index (χ4v) is 1.78. The quantitative estimate of drug-likeness (QED) is 0.790. The summed E-state index contributed by atoms with van der Waals surface area (Å²) in [6.45, 7) is 2.35. The number of halogens is 1. The largest absolute Gasteiger partial charge is 0.395 e. The van der Waals surface area contributed by atoms with Crippen LogP contribution in [0.3, 0.4) is 0 Å².